The van der Waals surface area contributed by atoms with Crippen molar-refractivity contribution in [1.82, 2.24) is 4.90 Å². The predicted octanol–water partition coefficient (Wildman–Crippen LogP) is 3.57. The summed E-state index contributed by atoms with van der Waals surface area (Å²) in [7, 11) is 0. The summed E-state index contributed by atoms with van der Waals surface area (Å²) in [6.45, 7) is 5.31. The summed E-state index contributed by atoms with van der Waals surface area (Å²) in [5.41, 5.74) is 7.36. The van der Waals surface area contributed by atoms with Gasteiger partial charge in [-0.05, 0) is 49.4 Å². The largest absolute Gasteiger partial charge is 0.329 e. The van der Waals surface area contributed by atoms with Gasteiger partial charge in [-0.25, -0.2) is 0 Å². The number of hydrogen-bond donors (Lipinski definition) is 1. The van der Waals surface area contributed by atoms with Gasteiger partial charge in [-0.2, -0.15) is 0 Å². The van der Waals surface area contributed by atoms with Gasteiger partial charge in [0.2, 0.25) is 0 Å². The van der Waals surface area contributed by atoms with Crippen LogP contribution in [0.2, 0.25) is 0 Å². The summed E-state index contributed by atoms with van der Waals surface area (Å²) in [5.74, 6) is 0.918. The Morgan fingerprint density at radius 1 is 1.33 bits per heavy atom. The second-order valence-electron chi connectivity index (χ2n) is 5.24. The van der Waals surface area contributed by atoms with Gasteiger partial charge in [-0.15, -0.1) is 0 Å². The Morgan fingerprint density at radius 2 is 2.00 bits per heavy atom. The summed E-state index contributed by atoms with van der Waals surface area (Å²) in [6, 6.07) is 8.98. The van der Waals surface area contributed by atoms with Crippen LogP contribution in [0.15, 0.2) is 28.7 Å². The fourth-order valence-electron chi connectivity index (χ4n) is 2.47. The zero-order chi connectivity index (χ0) is 13.0. The van der Waals surface area contributed by atoms with Crippen LogP contribution in [-0.2, 0) is 0 Å². The van der Waals surface area contributed by atoms with E-state index in [9.17, 15) is 0 Å². The van der Waals surface area contributed by atoms with Crippen molar-refractivity contribution in [1.29, 1.82) is 0 Å². The summed E-state index contributed by atoms with van der Waals surface area (Å²) >= 11 is 3.49. The molecule has 0 aromatic heterocycles. The molecule has 1 unspecified atom stereocenters. The van der Waals surface area contributed by atoms with Gasteiger partial charge in [-0.3, -0.25) is 4.90 Å². The van der Waals surface area contributed by atoms with Crippen LogP contribution in [0.4, 0.5) is 0 Å². The first kappa shape index (κ1) is 14.0. The number of benzene rings is 1. The smallest absolute Gasteiger partial charge is 0.0470 e. The van der Waals surface area contributed by atoms with Crippen LogP contribution in [0.25, 0.3) is 0 Å². The molecule has 0 bridgehead atoms. The fourth-order valence-corrected chi connectivity index (χ4v) is 2.74. The summed E-state index contributed by atoms with van der Waals surface area (Å²) in [4.78, 5) is 2.57. The first-order valence-electron chi connectivity index (χ1n) is 6.94. The van der Waals surface area contributed by atoms with Gasteiger partial charge in [-0.1, -0.05) is 35.0 Å². The summed E-state index contributed by atoms with van der Waals surface area (Å²) in [6.07, 6.45) is 4.00. The van der Waals surface area contributed by atoms with Crippen molar-refractivity contribution in [3.05, 3.63) is 34.3 Å². The molecule has 1 aromatic rings. The van der Waals surface area contributed by atoms with Crippen LogP contribution in [0.5, 0.6) is 0 Å². The minimum Gasteiger partial charge on any atom is -0.329 e. The van der Waals surface area contributed by atoms with Gasteiger partial charge in [0.05, 0.1) is 0 Å². The molecule has 2 nitrogen and oxygen atoms in total. The molecule has 3 heteroatoms. The molecule has 2 rings (SSSR count). The molecule has 1 aliphatic rings. The SMILES string of the molecule is CCCN(CC1CC1)C(CN)c1ccc(Br)cc1. The van der Waals surface area contributed by atoms with Crippen molar-refractivity contribution < 1.29 is 0 Å². The summed E-state index contributed by atoms with van der Waals surface area (Å²) < 4.78 is 1.13. The van der Waals surface area contributed by atoms with Gasteiger partial charge < -0.3 is 5.73 Å². The molecule has 1 atom stereocenters. The molecule has 0 aliphatic heterocycles. The molecule has 100 valence electrons. The van der Waals surface area contributed by atoms with Crippen molar-refractivity contribution in [2.75, 3.05) is 19.6 Å². The third-order valence-electron chi connectivity index (χ3n) is 3.62. The van der Waals surface area contributed by atoms with Gasteiger partial charge in [0, 0.05) is 23.6 Å². The van der Waals surface area contributed by atoms with Crippen LogP contribution in [0.1, 0.15) is 37.8 Å². The van der Waals surface area contributed by atoms with Crippen LogP contribution in [0.3, 0.4) is 0 Å². The first-order valence-corrected chi connectivity index (χ1v) is 7.73. The lowest BCUT2D eigenvalue weighted by Crippen LogP contribution is -2.35. The molecule has 0 spiro atoms. The average molecular weight is 311 g/mol. The van der Waals surface area contributed by atoms with Crippen LogP contribution >= 0.6 is 15.9 Å². The monoisotopic (exact) mass is 310 g/mol. The van der Waals surface area contributed by atoms with E-state index < -0.39 is 0 Å². The Kier molecular flexibility index (Phi) is 5.22. The number of rotatable bonds is 7. The van der Waals surface area contributed by atoms with E-state index in [1.807, 2.05) is 0 Å². The molecule has 0 amide bonds. The molecule has 0 heterocycles. The highest BCUT2D eigenvalue weighted by atomic mass is 79.9. The maximum absolute atomic E-state index is 6.02. The van der Waals surface area contributed by atoms with Crippen molar-refractivity contribution in [3.63, 3.8) is 0 Å². The number of nitrogens with zero attached hydrogens (tertiary/aromatic N) is 1. The Labute approximate surface area is 119 Å². The van der Waals surface area contributed by atoms with E-state index in [1.165, 1.54) is 31.4 Å². The van der Waals surface area contributed by atoms with E-state index in [4.69, 9.17) is 5.73 Å². The zero-order valence-electron chi connectivity index (χ0n) is 11.1. The lowest BCUT2D eigenvalue weighted by Gasteiger charge is -2.31. The highest BCUT2D eigenvalue weighted by Crippen LogP contribution is 2.32. The Balaban J connectivity index is 2.09. The van der Waals surface area contributed by atoms with Gasteiger partial charge in [0.1, 0.15) is 0 Å². The fraction of sp³-hybridized carbons (Fsp3) is 0.600. The van der Waals surface area contributed by atoms with E-state index in [0.717, 1.165) is 16.9 Å². The molecular weight excluding hydrogens is 288 g/mol. The molecular formula is C15H23BrN2. The minimum absolute atomic E-state index is 0.374. The highest BCUT2D eigenvalue weighted by molar-refractivity contribution is 9.10. The number of hydrogen-bond acceptors (Lipinski definition) is 2. The molecule has 0 saturated heterocycles. The highest BCUT2D eigenvalue weighted by Gasteiger charge is 2.27. The van der Waals surface area contributed by atoms with Gasteiger partial charge in [0.15, 0.2) is 0 Å². The van der Waals surface area contributed by atoms with Crippen LogP contribution in [0, 0.1) is 5.92 Å². The standard InChI is InChI=1S/C15H23BrN2/c1-2-9-18(11-12-3-4-12)15(10-17)13-5-7-14(16)8-6-13/h5-8,12,15H,2-4,9-11,17H2,1H3. The van der Waals surface area contributed by atoms with Gasteiger partial charge in [0.25, 0.3) is 0 Å². The van der Waals surface area contributed by atoms with Crippen LogP contribution in [-0.4, -0.2) is 24.5 Å². The van der Waals surface area contributed by atoms with E-state index in [0.29, 0.717) is 12.6 Å². The van der Waals surface area contributed by atoms with E-state index in [2.05, 4.69) is 52.0 Å². The Morgan fingerprint density at radius 3 is 2.50 bits per heavy atom. The quantitative estimate of drug-likeness (QED) is 0.834. The Bertz CT molecular complexity index is 359. The molecule has 0 radical (unpaired) electrons. The maximum Gasteiger partial charge on any atom is 0.0470 e. The number of nitrogens with two attached hydrogens (primary N) is 1. The van der Waals surface area contributed by atoms with E-state index in [-0.39, 0.29) is 0 Å². The van der Waals surface area contributed by atoms with Crippen molar-refractivity contribution in [2.45, 2.75) is 32.2 Å². The van der Waals surface area contributed by atoms with Crippen molar-refractivity contribution >= 4 is 15.9 Å². The minimum atomic E-state index is 0.374. The zero-order valence-corrected chi connectivity index (χ0v) is 12.7. The number of halogens is 1. The van der Waals surface area contributed by atoms with E-state index >= 15 is 0 Å². The molecule has 1 fully saturated rings. The summed E-state index contributed by atoms with van der Waals surface area (Å²) in [5, 5.41) is 0. The topological polar surface area (TPSA) is 29.3 Å². The van der Waals surface area contributed by atoms with Gasteiger partial charge >= 0.3 is 0 Å². The van der Waals surface area contributed by atoms with Crippen LogP contribution < -0.4 is 5.73 Å². The second kappa shape index (κ2) is 6.69. The first-order chi connectivity index (χ1) is 8.74. The predicted molar refractivity (Wildman–Crippen MR) is 80.5 cm³/mol. The lowest BCUT2D eigenvalue weighted by atomic mass is 10.0. The second-order valence-corrected chi connectivity index (χ2v) is 6.16. The normalized spacial score (nSPS) is 17.1. The molecule has 1 aromatic carbocycles. The maximum atomic E-state index is 6.02. The third kappa shape index (κ3) is 3.81. The molecule has 1 saturated carbocycles. The van der Waals surface area contributed by atoms with Crippen molar-refractivity contribution in [2.24, 2.45) is 11.7 Å². The van der Waals surface area contributed by atoms with E-state index in [1.54, 1.807) is 0 Å². The average Bonchev–Trinajstić information content (AvgIpc) is 3.17. The Hall–Kier alpha value is -0.380. The lowest BCUT2D eigenvalue weighted by molar-refractivity contribution is 0.193. The molecule has 18 heavy (non-hydrogen) atoms. The molecule has 1 aliphatic carbocycles. The van der Waals surface area contributed by atoms with Crippen molar-refractivity contribution in [3.8, 4) is 0 Å². The molecule has 2 N–H and O–H groups in total. The third-order valence-corrected chi connectivity index (χ3v) is 4.15.